The average molecular weight is 266 g/mol. The van der Waals surface area contributed by atoms with Gasteiger partial charge in [-0.1, -0.05) is 23.7 Å². The largest absolute Gasteiger partial charge is 0.309 e. The smallest absolute Gasteiger partial charge is 0.0846 e. The second-order valence-electron chi connectivity index (χ2n) is 4.10. The lowest BCUT2D eigenvalue weighted by molar-refractivity contribution is 0.531. The minimum absolute atomic E-state index is 0.129. The van der Waals surface area contributed by atoms with E-state index in [9.17, 15) is 0 Å². The van der Waals surface area contributed by atoms with Gasteiger partial charge in [-0.25, -0.2) is 0 Å². The summed E-state index contributed by atoms with van der Waals surface area (Å²) >= 11 is 5.85. The maximum absolute atomic E-state index is 5.85. The summed E-state index contributed by atoms with van der Waals surface area (Å²) in [6.45, 7) is 2.94. The molecule has 0 amide bonds. The molecule has 1 unspecified atom stereocenters. The van der Waals surface area contributed by atoms with E-state index in [1.165, 1.54) is 0 Å². The molecule has 0 spiro atoms. The lowest BCUT2D eigenvalue weighted by atomic mass is 10.1. The van der Waals surface area contributed by atoms with Crippen LogP contribution in [0.5, 0.6) is 0 Å². The molecule has 96 valence electrons. The van der Waals surface area contributed by atoms with Gasteiger partial charge in [-0.3, -0.25) is 9.67 Å². The van der Waals surface area contributed by atoms with Crippen LogP contribution in [-0.4, -0.2) is 26.5 Å². The van der Waals surface area contributed by atoms with Gasteiger partial charge in [-0.2, -0.15) is 0 Å². The van der Waals surface area contributed by atoms with Gasteiger partial charge in [0.25, 0.3) is 0 Å². The summed E-state index contributed by atoms with van der Waals surface area (Å²) in [4.78, 5) is 4.35. The summed E-state index contributed by atoms with van der Waals surface area (Å²) in [5.74, 6) is 0. The number of rotatable bonds is 5. The Kier molecular flexibility index (Phi) is 4.28. The Balaban J connectivity index is 2.14. The molecular formula is C12H16ClN5. The van der Waals surface area contributed by atoms with Gasteiger partial charge < -0.3 is 5.32 Å². The number of nitrogens with one attached hydrogen (secondary N) is 1. The summed E-state index contributed by atoms with van der Waals surface area (Å²) < 4.78 is 1.70. The fourth-order valence-electron chi connectivity index (χ4n) is 1.82. The summed E-state index contributed by atoms with van der Waals surface area (Å²) in [5, 5.41) is 12.1. The molecule has 1 N–H and O–H groups in total. The van der Waals surface area contributed by atoms with Gasteiger partial charge in [0, 0.05) is 25.9 Å². The van der Waals surface area contributed by atoms with E-state index >= 15 is 0 Å². The van der Waals surface area contributed by atoms with Crippen molar-refractivity contribution in [2.45, 2.75) is 19.4 Å². The first-order valence-electron chi connectivity index (χ1n) is 5.89. The first-order chi connectivity index (χ1) is 8.69. The van der Waals surface area contributed by atoms with Crippen LogP contribution in [-0.2, 0) is 13.5 Å². The SMILES string of the molecule is CCNC(Cc1cn(C)nn1)c1ccc(Cl)cn1. The molecule has 0 radical (unpaired) electrons. The van der Waals surface area contributed by atoms with Gasteiger partial charge in [0.1, 0.15) is 0 Å². The summed E-state index contributed by atoms with van der Waals surface area (Å²) in [7, 11) is 1.86. The number of hydrogen-bond acceptors (Lipinski definition) is 4. The molecule has 0 aliphatic rings. The zero-order chi connectivity index (χ0) is 13.0. The first-order valence-corrected chi connectivity index (χ1v) is 6.27. The van der Waals surface area contributed by atoms with Crippen LogP contribution in [0.15, 0.2) is 24.5 Å². The molecule has 2 heterocycles. The molecule has 0 aliphatic heterocycles. The van der Waals surface area contributed by atoms with Crippen molar-refractivity contribution in [1.82, 2.24) is 25.3 Å². The van der Waals surface area contributed by atoms with Crippen molar-refractivity contribution in [3.05, 3.63) is 40.9 Å². The van der Waals surface area contributed by atoms with Crippen LogP contribution >= 0.6 is 11.6 Å². The van der Waals surface area contributed by atoms with E-state index in [0.29, 0.717) is 5.02 Å². The lowest BCUT2D eigenvalue weighted by Crippen LogP contribution is -2.24. The minimum atomic E-state index is 0.129. The zero-order valence-electron chi connectivity index (χ0n) is 10.5. The fourth-order valence-corrected chi connectivity index (χ4v) is 1.93. The van der Waals surface area contributed by atoms with E-state index in [2.05, 4.69) is 27.5 Å². The van der Waals surface area contributed by atoms with E-state index in [0.717, 1.165) is 24.4 Å². The Morgan fingerprint density at radius 2 is 2.28 bits per heavy atom. The van der Waals surface area contributed by atoms with Crippen LogP contribution in [0.2, 0.25) is 5.02 Å². The highest BCUT2D eigenvalue weighted by atomic mass is 35.5. The van der Waals surface area contributed by atoms with E-state index in [1.807, 2.05) is 25.4 Å². The summed E-state index contributed by atoms with van der Waals surface area (Å²) in [6.07, 6.45) is 4.34. The molecule has 0 fully saturated rings. The van der Waals surface area contributed by atoms with Crippen molar-refractivity contribution in [3.63, 3.8) is 0 Å². The maximum atomic E-state index is 5.85. The highest BCUT2D eigenvalue weighted by molar-refractivity contribution is 6.30. The Bertz CT molecular complexity index is 493. The molecule has 0 bridgehead atoms. The maximum Gasteiger partial charge on any atom is 0.0846 e. The Labute approximate surface area is 111 Å². The normalized spacial score (nSPS) is 12.6. The highest BCUT2D eigenvalue weighted by Gasteiger charge is 2.14. The summed E-state index contributed by atoms with van der Waals surface area (Å²) in [5.41, 5.74) is 1.91. The summed E-state index contributed by atoms with van der Waals surface area (Å²) in [6, 6.07) is 3.92. The molecule has 0 aromatic carbocycles. The van der Waals surface area contributed by atoms with E-state index in [-0.39, 0.29) is 6.04 Å². The first kappa shape index (κ1) is 13.0. The highest BCUT2D eigenvalue weighted by Crippen LogP contribution is 2.17. The van der Waals surface area contributed by atoms with Gasteiger partial charge >= 0.3 is 0 Å². The average Bonchev–Trinajstić information content (AvgIpc) is 2.75. The van der Waals surface area contributed by atoms with Crippen molar-refractivity contribution in [2.75, 3.05) is 6.54 Å². The molecule has 0 saturated carbocycles. The fraction of sp³-hybridized carbons (Fsp3) is 0.417. The lowest BCUT2D eigenvalue weighted by Gasteiger charge is -2.15. The van der Waals surface area contributed by atoms with Crippen LogP contribution in [0, 0.1) is 0 Å². The monoisotopic (exact) mass is 265 g/mol. The number of pyridine rings is 1. The van der Waals surface area contributed by atoms with Crippen LogP contribution in [0.4, 0.5) is 0 Å². The molecule has 18 heavy (non-hydrogen) atoms. The number of hydrogen-bond donors (Lipinski definition) is 1. The third-order valence-electron chi connectivity index (χ3n) is 2.62. The van der Waals surface area contributed by atoms with Gasteiger partial charge in [0.05, 0.1) is 22.5 Å². The Morgan fingerprint density at radius 3 is 2.83 bits per heavy atom. The number of aromatic nitrogens is 4. The van der Waals surface area contributed by atoms with Crippen molar-refractivity contribution in [2.24, 2.45) is 7.05 Å². The van der Waals surface area contributed by atoms with Gasteiger partial charge in [0.15, 0.2) is 0 Å². The number of aryl methyl sites for hydroxylation is 1. The topological polar surface area (TPSA) is 55.6 Å². The van der Waals surface area contributed by atoms with Gasteiger partial charge in [0.2, 0.25) is 0 Å². The van der Waals surface area contributed by atoms with Crippen molar-refractivity contribution in [3.8, 4) is 0 Å². The van der Waals surface area contributed by atoms with Crippen LogP contribution in [0.3, 0.4) is 0 Å². The van der Waals surface area contributed by atoms with E-state index in [1.54, 1.807) is 10.9 Å². The van der Waals surface area contributed by atoms with Crippen LogP contribution in [0.25, 0.3) is 0 Å². The van der Waals surface area contributed by atoms with Crippen molar-refractivity contribution < 1.29 is 0 Å². The second-order valence-corrected chi connectivity index (χ2v) is 4.54. The Hall–Kier alpha value is -1.46. The molecule has 0 saturated heterocycles. The van der Waals surface area contributed by atoms with E-state index < -0.39 is 0 Å². The quantitative estimate of drug-likeness (QED) is 0.895. The second kappa shape index (κ2) is 5.93. The number of likely N-dealkylation sites (N-methyl/N-ethyl adjacent to an activating group) is 1. The van der Waals surface area contributed by atoms with Crippen molar-refractivity contribution in [1.29, 1.82) is 0 Å². The number of halogens is 1. The molecular weight excluding hydrogens is 250 g/mol. The van der Waals surface area contributed by atoms with Crippen LogP contribution in [0.1, 0.15) is 24.4 Å². The standard InChI is InChI=1S/C12H16ClN5/c1-3-14-12(6-10-8-18(2)17-16-10)11-5-4-9(13)7-15-11/h4-5,7-8,12,14H,3,6H2,1-2H3. The molecule has 2 rings (SSSR count). The molecule has 5 nitrogen and oxygen atoms in total. The molecule has 0 aliphatic carbocycles. The van der Waals surface area contributed by atoms with Gasteiger partial charge in [-0.15, -0.1) is 5.10 Å². The molecule has 1 atom stereocenters. The molecule has 2 aromatic rings. The van der Waals surface area contributed by atoms with Crippen LogP contribution < -0.4 is 5.32 Å². The molecule has 6 heteroatoms. The molecule has 2 aromatic heterocycles. The van der Waals surface area contributed by atoms with Gasteiger partial charge in [-0.05, 0) is 18.7 Å². The third kappa shape index (κ3) is 3.27. The predicted molar refractivity (Wildman–Crippen MR) is 70.4 cm³/mol. The minimum Gasteiger partial charge on any atom is -0.309 e. The zero-order valence-corrected chi connectivity index (χ0v) is 11.2. The van der Waals surface area contributed by atoms with Crippen molar-refractivity contribution >= 4 is 11.6 Å². The Morgan fingerprint density at radius 1 is 1.44 bits per heavy atom. The number of nitrogens with zero attached hydrogens (tertiary/aromatic N) is 4. The predicted octanol–water partition coefficient (Wildman–Crippen LogP) is 1.76. The van der Waals surface area contributed by atoms with E-state index in [4.69, 9.17) is 11.6 Å². The third-order valence-corrected chi connectivity index (χ3v) is 2.84.